The second kappa shape index (κ2) is 13.1. The summed E-state index contributed by atoms with van der Waals surface area (Å²) in [6.07, 6.45) is 4.76. The Balaban J connectivity index is 1.23. The highest BCUT2D eigenvalue weighted by molar-refractivity contribution is 5.76. The van der Waals surface area contributed by atoms with Gasteiger partial charge in [0.15, 0.2) is 0 Å². The van der Waals surface area contributed by atoms with Crippen LogP contribution < -0.4 is 9.64 Å². The number of piperidine rings is 1. The number of carbonyl (C=O) groups excluding carboxylic acids is 1. The van der Waals surface area contributed by atoms with Gasteiger partial charge < -0.3 is 19.3 Å². The van der Waals surface area contributed by atoms with Crippen LogP contribution in [0.4, 0.5) is 5.69 Å². The zero-order valence-electron chi connectivity index (χ0n) is 23.9. The van der Waals surface area contributed by atoms with E-state index in [1.54, 1.807) is 7.11 Å². The number of methoxy groups -OCH3 is 1. The van der Waals surface area contributed by atoms with Gasteiger partial charge in [-0.2, -0.15) is 0 Å². The van der Waals surface area contributed by atoms with Crippen molar-refractivity contribution in [2.24, 2.45) is 5.92 Å². The number of rotatable bonds is 8. The molecule has 5 rings (SSSR count). The molecule has 1 amide bonds. The number of likely N-dealkylation sites (tertiary alicyclic amines) is 1. The van der Waals surface area contributed by atoms with Gasteiger partial charge in [0.05, 0.1) is 30.7 Å². The zero-order valence-corrected chi connectivity index (χ0v) is 23.9. The lowest BCUT2D eigenvalue weighted by atomic mass is 9.86. The number of ether oxygens (including phenoxy) is 2. The van der Waals surface area contributed by atoms with Crippen molar-refractivity contribution in [2.75, 3.05) is 64.4 Å². The van der Waals surface area contributed by atoms with Gasteiger partial charge in [0.1, 0.15) is 5.75 Å². The van der Waals surface area contributed by atoms with Gasteiger partial charge in [0.2, 0.25) is 5.91 Å². The van der Waals surface area contributed by atoms with Crippen LogP contribution in [0, 0.1) is 5.92 Å². The number of hydrogen-bond donors (Lipinski definition) is 0. The number of hydrogen-bond acceptors (Lipinski definition) is 7. The molecule has 3 saturated heterocycles. The molecule has 3 aliphatic rings. The van der Waals surface area contributed by atoms with Crippen LogP contribution in [0.15, 0.2) is 48.7 Å². The SMILES string of the molecule is COc1ccccc1N1CCN([C@@H]2CCN(Cc3ccccn3)C[C@@H]2CCC(=O)N2C[C@@H](C)O[C@@H](C)C2)CC1. The van der Waals surface area contributed by atoms with Crippen molar-refractivity contribution < 1.29 is 14.3 Å². The average molecular weight is 536 g/mol. The van der Waals surface area contributed by atoms with Gasteiger partial charge >= 0.3 is 0 Å². The molecular formula is C31H45N5O3. The van der Waals surface area contributed by atoms with E-state index in [1.165, 1.54) is 5.69 Å². The molecule has 4 heterocycles. The number of amides is 1. The number of piperazine rings is 1. The van der Waals surface area contributed by atoms with Crippen LogP contribution in [-0.4, -0.2) is 103 Å². The summed E-state index contributed by atoms with van der Waals surface area (Å²) in [6, 6.07) is 15.0. The number of aromatic nitrogens is 1. The molecule has 0 radical (unpaired) electrons. The quantitative estimate of drug-likeness (QED) is 0.513. The number of morpholine rings is 1. The highest BCUT2D eigenvalue weighted by Crippen LogP contribution is 2.32. The van der Waals surface area contributed by atoms with Gasteiger partial charge in [0, 0.05) is 77.6 Å². The van der Waals surface area contributed by atoms with Crippen molar-refractivity contribution in [3.05, 3.63) is 54.4 Å². The Morgan fingerprint density at radius 1 is 0.974 bits per heavy atom. The summed E-state index contributed by atoms with van der Waals surface area (Å²) in [7, 11) is 1.75. The number of pyridine rings is 1. The molecular weight excluding hydrogens is 490 g/mol. The van der Waals surface area contributed by atoms with Gasteiger partial charge in [0.25, 0.3) is 0 Å². The van der Waals surface area contributed by atoms with Crippen molar-refractivity contribution in [1.82, 2.24) is 19.7 Å². The third-order valence-electron chi connectivity index (χ3n) is 8.60. The summed E-state index contributed by atoms with van der Waals surface area (Å²) in [5.41, 5.74) is 2.30. The van der Waals surface area contributed by atoms with Crippen LogP contribution in [0.5, 0.6) is 5.75 Å². The van der Waals surface area contributed by atoms with Gasteiger partial charge in [-0.25, -0.2) is 0 Å². The lowest BCUT2D eigenvalue weighted by Gasteiger charge is -2.47. The normalized spacial score (nSPS) is 26.9. The first-order valence-electron chi connectivity index (χ1n) is 14.7. The summed E-state index contributed by atoms with van der Waals surface area (Å²) in [5.74, 6) is 1.68. The summed E-state index contributed by atoms with van der Waals surface area (Å²) < 4.78 is 11.5. The van der Waals surface area contributed by atoms with Gasteiger partial charge in [-0.1, -0.05) is 18.2 Å². The van der Waals surface area contributed by atoms with Crippen LogP contribution in [0.3, 0.4) is 0 Å². The van der Waals surface area contributed by atoms with Crippen molar-refractivity contribution >= 4 is 11.6 Å². The third kappa shape index (κ3) is 7.10. The highest BCUT2D eigenvalue weighted by atomic mass is 16.5. The fourth-order valence-electron chi connectivity index (χ4n) is 6.76. The molecule has 4 atom stereocenters. The first-order chi connectivity index (χ1) is 19.0. The Morgan fingerprint density at radius 2 is 1.72 bits per heavy atom. The molecule has 8 heteroatoms. The predicted octanol–water partition coefficient (Wildman–Crippen LogP) is 3.52. The minimum atomic E-state index is 0.105. The fourth-order valence-corrected chi connectivity index (χ4v) is 6.76. The highest BCUT2D eigenvalue weighted by Gasteiger charge is 2.36. The number of carbonyl (C=O) groups is 1. The van der Waals surface area contributed by atoms with E-state index >= 15 is 0 Å². The fraction of sp³-hybridized carbons (Fsp3) is 0.613. The Labute approximate surface area is 233 Å². The van der Waals surface area contributed by atoms with E-state index in [9.17, 15) is 4.79 Å². The second-order valence-corrected chi connectivity index (χ2v) is 11.5. The minimum absolute atomic E-state index is 0.105. The number of nitrogens with zero attached hydrogens (tertiary/aromatic N) is 5. The monoisotopic (exact) mass is 535 g/mol. The molecule has 0 bridgehead atoms. The Bertz CT molecular complexity index is 1050. The molecule has 0 N–H and O–H groups in total. The molecule has 0 aliphatic carbocycles. The van der Waals surface area contributed by atoms with E-state index in [1.807, 2.05) is 29.3 Å². The molecule has 3 aliphatic heterocycles. The molecule has 8 nitrogen and oxygen atoms in total. The molecule has 0 spiro atoms. The molecule has 39 heavy (non-hydrogen) atoms. The summed E-state index contributed by atoms with van der Waals surface area (Å²) in [4.78, 5) is 27.5. The molecule has 3 fully saturated rings. The van der Waals surface area contributed by atoms with E-state index in [0.29, 0.717) is 31.5 Å². The Morgan fingerprint density at radius 3 is 2.44 bits per heavy atom. The number of anilines is 1. The largest absolute Gasteiger partial charge is 0.495 e. The zero-order chi connectivity index (χ0) is 27.2. The number of benzene rings is 1. The van der Waals surface area contributed by atoms with Crippen LogP contribution >= 0.6 is 0 Å². The smallest absolute Gasteiger partial charge is 0.222 e. The third-order valence-corrected chi connectivity index (χ3v) is 8.60. The average Bonchev–Trinajstić information content (AvgIpc) is 2.96. The Kier molecular flexibility index (Phi) is 9.37. The van der Waals surface area contributed by atoms with Gasteiger partial charge in [-0.3, -0.25) is 19.6 Å². The minimum Gasteiger partial charge on any atom is -0.495 e. The van der Waals surface area contributed by atoms with Crippen LogP contribution in [-0.2, 0) is 16.1 Å². The Hall–Kier alpha value is -2.68. The standard InChI is InChI=1S/C31H45N5O3/c1-24-20-36(21-25(2)39-24)31(37)12-11-26-22-33(23-27-8-6-7-14-32-27)15-13-28(26)34-16-18-35(19-17-34)29-9-4-5-10-30(29)38-3/h4-10,14,24-26,28H,11-13,15-23H2,1-3H3/t24-,25+,26-,28+/m0/s1. The molecule has 0 unspecified atom stereocenters. The van der Waals surface area contributed by atoms with Crippen molar-refractivity contribution in [3.63, 3.8) is 0 Å². The van der Waals surface area contributed by atoms with Crippen molar-refractivity contribution in [2.45, 2.75) is 57.9 Å². The van der Waals surface area contributed by atoms with Gasteiger partial charge in [-0.15, -0.1) is 0 Å². The lowest BCUT2D eigenvalue weighted by molar-refractivity contribution is -0.143. The second-order valence-electron chi connectivity index (χ2n) is 11.5. The lowest BCUT2D eigenvalue weighted by Crippen LogP contribution is -2.57. The maximum atomic E-state index is 13.3. The van der Waals surface area contributed by atoms with E-state index in [2.05, 4.69) is 57.8 Å². The van der Waals surface area contributed by atoms with Gasteiger partial charge in [-0.05, 0) is 56.9 Å². The van der Waals surface area contributed by atoms with Crippen LogP contribution in [0.25, 0.3) is 0 Å². The maximum absolute atomic E-state index is 13.3. The predicted molar refractivity (Wildman–Crippen MR) is 154 cm³/mol. The van der Waals surface area contributed by atoms with Crippen LogP contribution in [0.1, 0.15) is 38.8 Å². The summed E-state index contributed by atoms with van der Waals surface area (Å²) >= 11 is 0. The molecule has 212 valence electrons. The van der Waals surface area contributed by atoms with Crippen LogP contribution in [0.2, 0.25) is 0 Å². The molecule has 0 saturated carbocycles. The molecule has 2 aromatic rings. The first kappa shape index (κ1) is 27.9. The van der Waals surface area contributed by atoms with E-state index < -0.39 is 0 Å². The number of para-hydroxylation sites is 2. The van der Waals surface area contributed by atoms with E-state index in [-0.39, 0.29) is 18.1 Å². The van der Waals surface area contributed by atoms with Crippen molar-refractivity contribution in [1.29, 1.82) is 0 Å². The molecule has 1 aromatic heterocycles. The topological polar surface area (TPSA) is 61.4 Å². The summed E-state index contributed by atoms with van der Waals surface area (Å²) in [6.45, 7) is 12.5. The molecule has 1 aromatic carbocycles. The van der Waals surface area contributed by atoms with Crippen molar-refractivity contribution in [3.8, 4) is 5.75 Å². The maximum Gasteiger partial charge on any atom is 0.222 e. The van der Waals surface area contributed by atoms with E-state index in [4.69, 9.17) is 9.47 Å². The first-order valence-corrected chi connectivity index (χ1v) is 14.7. The van der Waals surface area contributed by atoms with E-state index in [0.717, 1.165) is 70.1 Å². The summed E-state index contributed by atoms with van der Waals surface area (Å²) in [5, 5.41) is 0.